The predicted octanol–water partition coefficient (Wildman–Crippen LogP) is 4.93. The average molecular weight is 437 g/mol. The number of carbonyl (C=O) groups is 1. The van der Waals surface area contributed by atoms with Crippen molar-refractivity contribution in [2.75, 3.05) is 13.7 Å². The third kappa shape index (κ3) is 4.57. The van der Waals surface area contributed by atoms with Gasteiger partial charge in [0.25, 0.3) is 0 Å². The lowest BCUT2D eigenvalue weighted by atomic mass is 9.98. The second kappa shape index (κ2) is 9.06. The summed E-state index contributed by atoms with van der Waals surface area (Å²) >= 11 is 0. The largest absolute Gasteiger partial charge is 0.449 e. The first-order valence-corrected chi connectivity index (χ1v) is 11.7. The van der Waals surface area contributed by atoms with E-state index in [1.807, 2.05) is 66.7 Å². The molecule has 0 saturated carbocycles. The molecule has 2 unspecified atom stereocenters. The first-order valence-electron chi connectivity index (χ1n) is 10.0. The summed E-state index contributed by atoms with van der Waals surface area (Å²) in [6.07, 6.45) is -0.610. The van der Waals surface area contributed by atoms with Gasteiger partial charge in [-0.3, -0.25) is 4.57 Å². The van der Waals surface area contributed by atoms with Crippen LogP contribution in [-0.2, 0) is 20.2 Å². The lowest BCUT2D eigenvalue weighted by Gasteiger charge is -2.23. The van der Waals surface area contributed by atoms with Crippen LogP contribution >= 0.6 is 7.60 Å². The maximum Gasteiger partial charge on any atom is 0.407 e. The van der Waals surface area contributed by atoms with Gasteiger partial charge in [-0.15, -0.1) is 0 Å². The maximum absolute atomic E-state index is 12.6. The summed E-state index contributed by atoms with van der Waals surface area (Å²) in [6.45, 7) is 0.126. The summed E-state index contributed by atoms with van der Waals surface area (Å²) in [5.74, 6) is -1.20. The van der Waals surface area contributed by atoms with E-state index in [1.54, 1.807) is 0 Å². The Hall–Kier alpha value is -2.92. The summed E-state index contributed by atoms with van der Waals surface area (Å²) in [7, 11) is -2.92. The van der Waals surface area contributed by atoms with Crippen LogP contribution in [0.3, 0.4) is 0 Å². The number of rotatable bonds is 7. The Kier molecular flexibility index (Phi) is 6.23. The van der Waals surface area contributed by atoms with E-state index in [0.29, 0.717) is 0 Å². The molecule has 6 nitrogen and oxygen atoms in total. The molecule has 1 aliphatic carbocycles. The van der Waals surface area contributed by atoms with Gasteiger partial charge in [-0.25, -0.2) is 4.79 Å². The van der Waals surface area contributed by atoms with Crippen LogP contribution in [0.15, 0.2) is 78.9 Å². The SMILES string of the molecule is COP(=O)(O)C(Cc1ccccc1)NC(=O)OCC1c2ccccc2-c2ccccc21. The normalized spacial score (nSPS) is 15.4. The fourth-order valence-electron chi connectivity index (χ4n) is 3.99. The minimum Gasteiger partial charge on any atom is -0.449 e. The Morgan fingerprint density at radius 2 is 1.52 bits per heavy atom. The molecule has 2 N–H and O–H groups in total. The Labute approximate surface area is 181 Å². The topological polar surface area (TPSA) is 84.9 Å². The number of nitrogens with one attached hydrogen (secondary N) is 1. The van der Waals surface area contributed by atoms with E-state index in [0.717, 1.165) is 34.9 Å². The van der Waals surface area contributed by atoms with E-state index < -0.39 is 19.5 Å². The van der Waals surface area contributed by atoms with E-state index in [2.05, 4.69) is 17.4 Å². The number of alkyl carbamates (subject to hydrolysis) is 1. The third-order valence-corrected chi connectivity index (χ3v) is 7.18. The van der Waals surface area contributed by atoms with Crippen molar-refractivity contribution in [1.29, 1.82) is 0 Å². The number of amides is 1. The van der Waals surface area contributed by atoms with Gasteiger partial charge in [-0.1, -0.05) is 78.9 Å². The molecule has 31 heavy (non-hydrogen) atoms. The van der Waals surface area contributed by atoms with Crippen LogP contribution in [0.4, 0.5) is 4.79 Å². The van der Waals surface area contributed by atoms with Crippen LogP contribution in [0.5, 0.6) is 0 Å². The highest BCUT2D eigenvalue weighted by Gasteiger charge is 2.34. The quantitative estimate of drug-likeness (QED) is 0.512. The van der Waals surface area contributed by atoms with Crippen molar-refractivity contribution in [1.82, 2.24) is 5.32 Å². The van der Waals surface area contributed by atoms with Gasteiger partial charge in [-0.2, -0.15) is 0 Å². The predicted molar refractivity (Wildman–Crippen MR) is 119 cm³/mol. The van der Waals surface area contributed by atoms with E-state index in [1.165, 1.54) is 0 Å². The van der Waals surface area contributed by atoms with E-state index >= 15 is 0 Å². The molecule has 0 bridgehead atoms. The van der Waals surface area contributed by atoms with Gasteiger partial charge in [0.2, 0.25) is 0 Å². The van der Waals surface area contributed by atoms with Crippen molar-refractivity contribution in [2.24, 2.45) is 0 Å². The number of fused-ring (bicyclic) bond motifs is 3. The van der Waals surface area contributed by atoms with Gasteiger partial charge in [0, 0.05) is 19.4 Å². The number of benzene rings is 3. The molecule has 7 heteroatoms. The van der Waals surface area contributed by atoms with Gasteiger partial charge in [-0.05, 0) is 27.8 Å². The highest BCUT2D eigenvalue weighted by Crippen LogP contribution is 2.47. The second-order valence-corrected chi connectivity index (χ2v) is 9.54. The molecule has 1 amide bonds. The Bertz CT molecular complexity index is 1070. The molecule has 3 aromatic rings. The van der Waals surface area contributed by atoms with Crippen molar-refractivity contribution in [3.63, 3.8) is 0 Å². The molecule has 3 aromatic carbocycles. The molecule has 0 saturated heterocycles. The highest BCUT2D eigenvalue weighted by molar-refractivity contribution is 7.53. The molecular formula is C24H24NO5P. The minimum absolute atomic E-state index is 0.0888. The van der Waals surface area contributed by atoms with E-state index in [4.69, 9.17) is 9.26 Å². The first kappa shape index (κ1) is 21.3. The van der Waals surface area contributed by atoms with Crippen LogP contribution in [0.1, 0.15) is 22.6 Å². The van der Waals surface area contributed by atoms with Crippen molar-refractivity contribution >= 4 is 13.7 Å². The highest BCUT2D eigenvalue weighted by atomic mass is 31.2. The number of ether oxygens (including phenoxy) is 1. The number of hydrogen-bond acceptors (Lipinski definition) is 4. The van der Waals surface area contributed by atoms with Crippen LogP contribution in [0, 0.1) is 0 Å². The van der Waals surface area contributed by atoms with Crippen molar-refractivity contribution < 1.29 is 23.5 Å². The van der Waals surface area contributed by atoms with Gasteiger partial charge in [0.1, 0.15) is 12.4 Å². The lowest BCUT2D eigenvalue weighted by Crippen LogP contribution is -2.37. The fraction of sp³-hybridized carbons (Fsp3) is 0.208. The molecule has 0 heterocycles. The van der Waals surface area contributed by atoms with Gasteiger partial charge >= 0.3 is 13.7 Å². The zero-order valence-electron chi connectivity index (χ0n) is 17.1. The van der Waals surface area contributed by atoms with Crippen LogP contribution in [-0.4, -0.2) is 30.5 Å². The van der Waals surface area contributed by atoms with Crippen molar-refractivity contribution in [3.8, 4) is 11.1 Å². The molecule has 2 atom stereocenters. The molecule has 1 aliphatic rings. The number of hydrogen-bond donors (Lipinski definition) is 2. The molecule has 0 fully saturated rings. The molecule has 0 aliphatic heterocycles. The number of carbonyl (C=O) groups excluding carboxylic acids is 1. The molecule has 0 radical (unpaired) electrons. The van der Waals surface area contributed by atoms with Crippen LogP contribution in [0.2, 0.25) is 0 Å². The van der Waals surface area contributed by atoms with Gasteiger partial charge in [0.05, 0.1) is 0 Å². The van der Waals surface area contributed by atoms with Gasteiger partial charge in [0.15, 0.2) is 0 Å². The molecular weight excluding hydrogens is 413 g/mol. The molecule has 0 spiro atoms. The smallest absolute Gasteiger partial charge is 0.407 e. The standard InChI is InChI=1S/C24H24NO5P/c1-29-31(27,28)23(15-17-9-3-2-4-10-17)25-24(26)30-16-22-20-13-7-5-11-18(20)19-12-6-8-14-21(19)22/h2-14,22-23H,15-16H2,1H3,(H,25,26)(H,27,28). The minimum atomic E-state index is -4.07. The van der Waals surface area contributed by atoms with Crippen molar-refractivity contribution in [2.45, 2.75) is 18.1 Å². The Morgan fingerprint density at radius 1 is 0.968 bits per heavy atom. The van der Waals surface area contributed by atoms with Crippen molar-refractivity contribution in [3.05, 3.63) is 95.6 Å². The summed E-state index contributed by atoms with van der Waals surface area (Å²) in [5.41, 5.74) is 5.27. The van der Waals surface area contributed by atoms with Crippen LogP contribution < -0.4 is 5.32 Å². The Balaban J connectivity index is 1.47. The van der Waals surface area contributed by atoms with Crippen LogP contribution in [0.25, 0.3) is 11.1 Å². The zero-order chi connectivity index (χ0) is 21.8. The van der Waals surface area contributed by atoms with E-state index in [-0.39, 0.29) is 18.9 Å². The van der Waals surface area contributed by atoms with E-state index in [9.17, 15) is 14.3 Å². The molecule has 0 aromatic heterocycles. The zero-order valence-corrected chi connectivity index (χ0v) is 18.0. The molecule has 160 valence electrons. The maximum atomic E-state index is 12.6. The monoisotopic (exact) mass is 437 g/mol. The average Bonchev–Trinajstić information content (AvgIpc) is 3.12. The third-order valence-electron chi connectivity index (χ3n) is 5.56. The summed E-state index contributed by atoms with van der Waals surface area (Å²) in [5, 5.41) is 2.53. The fourth-order valence-corrected chi connectivity index (χ4v) is 4.95. The molecule has 4 rings (SSSR count). The second-order valence-electron chi connectivity index (χ2n) is 7.42. The van der Waals surface area contributed by atoms with Gasteiger partial charge < -0.3 is 19.5 Å². The summed E-state index contributed by atoms with van der Waals surface area (Å²) in [6, 6.07) is 25.3. The Morgan fingerprint density at radius 3 is 2.10 bits per heavy atom. The summed E-state index contributed by atoms with van der Waals surface area (Å²) in [4.78, 5) is 22.8. The lowest BCUT2D eigenvalue weighted by molar-refractivity contribution is 0.140. The summed E-state index contributed by atoms with van der Waals surface area (Å²) < 4.78 is 22.8. The first-order chi connectivity index (χ1) is 15.0.